The average molecular weight is 304 g/mol. The minimum atomic E-state index is -0.269. The molecule has 0 aliphatic heterocycles. The molecular weight excluding hydrogens is 291 g/mol. The highest BCUT2D eigenvalue weighted by molar-refractivity contribution is 6.01. The molecule has 0 amide bonds. The van der Waals surface area contributed by atoms with Crippen molar-refractivity contribution in [3.05, 3.63) is 72.9 Å². The highest BCUT2D eigenvalue weighted by atomic mass is 19.1. The van der Waals surface area contributed by atoms with Crippen LogP contribution in [0.4, 0.5) is 15.9 Å². The van der Waals surface area contributed by atoms with E-state index in [1.54, 1.807) is 12.1 Å². The van der Waals surface area contributed by atoms with Crippen molar-refractivity contribution in [3.63, 3.8) is 0 Å². The van der Waals surface area contributed by atoms with Crippen LogP contribution in [-0.2, 0) is 0 Å². The summed E-state index contributed by atoms with van der Waals surface area (Å²) in [5, 5.41) is 4.14. The van der Waals surface area contributed by atoms with E-state index in [4.69, 9.17) is 0 Å². The number of anilines is 2. The summed E-state index contributed by atoms with van der Waals surface area (Å²) < 4.78 is 13.1. The molecule has 5 heteroatoms. The largest absolute Gasteiger partial charge is 0.345 e. The summed E-state index contributed by atoms with van der Waals surface area (Å²) in [4.78, 5) is 11.8. The van der Waals surface area contributed by atoms with Gasteiger partial charge in [0.2, 0.25) is 0 Å². The van der Waals surface area contributed by atoms with Crippen molar-refractivity contribution in [1.29, 1.82) is 0 Å². The predicted molar refractivity (Wildman–Crippen MR) is 89.0 cm³/mol. The zero-order valence-electron chi connectivity index (χ0n) is 12.1. The van der Waals surface area contributed by atoms with Gasteiger partial charge >= 0.3 is 0 Å². The van der Waals surface area contributed by atoms with Crippen LogP contribution in [0.1, 0.15) is 0 Å². The fraction of sp³-hybridized carbons (Fsp3) is 0. The zero-order valence-corrected chi connectivity index (χ0v) is 12.1. The molecule has 4 aromatic rings. The molecule has 0 saturated carbocycles. The Morgan fingerprint density at radius 3 is 2.48 bits per heavy atom. The smallest absolute Gasteiger partial charge is 0.143 e. The van der Waals surface area contributed by atoms with Crippen LogP contribution in [0.5, 0.6) is 0 Å². The quantitative estimate of drug-likeness (QED) is 0.585. The summed E-state index contributed by atoms with van der Waals surface area (Å²) >= 11 is 0. The predicted octanol–water partition coefficient (Wildman–Crippen LogP) is 4.51. The number of benzene rings is 2. The van der Waals surface area contributed by atoms with Crippen LogP contribution in [-0.4, -0.2) is 15.0 Å². The number of aromatic nitrogens is 3. The van der Waals surface area contributed by atoms with Gasteiger partial charge in [-0.05, 0) is 29.8 Å². The lowest BCUT2D eigenvalue weighted by molar-refractivity contribution is 0.628. The summed E-state index contributed by atoms with van der Waals surface area (Å²) in [5.74, 6) is 0.414. The van der Waals surface area contributed by atoms with Crippen LogP contribution in [0.2, 0.25) is 0 Å². The van der Waals surface area contributed by atoms with Crippen molar-refractivity contribution in [1.82, 2.24) is 15.0 Å². The highest BCUT2D eigenvalue weighted by Gasteiger charge is 2.12. The van der Waals surface area contributed by atoms with E-state index in [9.17, 15) is 4.39 Å². The van der Waals surface area contributed by atoms with Crippen molar-refractivity contribution in [2.45, 2.75) is 0 Å². The molecule has 0 unspecified atom stereocenters. The molecule has 2 aromatic heterocycles. The van der Waals surface area contributed by atoms with Gasteiger partial charge in [0.05, 0.1) is 5.39 Å². The summed E-state index contributed by atoms with van der Waals surface area (Å²) in [6.45, 7) is 0. The van der Waals surface area contributed by atoms with E-state index in [2.05, 4.69) is 20.3 Å². The van der Waals surface area contributed by atoms with Crippen LogP contribution in [0.15, 0.2) is 67.1 Å². The third kappa shape index (κ3) is 2.53. The van der Waals surface area contributed by atoms with Gasteiger partial charge in [0.25, 0.3) is 0 Å². The second-order valence-corrected chi connectivity index (χ2v) is 5.15. The van der Waals surface area contributed by atoms with E-state index in [-0.39, 0.29) is 5.82 Å². The summed E-state index contributed by atoms with van der Waals surface area (Å²) in [6, 6.07) is 16.2. The standard InChI is InChI=1S/C18H13FN4/c19-13-6-8-14(9-7-13)23-18-16-15(12-4-2-1-3-5-12)10-20-17(16)21-11-22-18/h1-11H,(H2,20,21,22,23). The molecule has 0 atom stereocenters. The molecule has 0 radical (unpaired) electrons. The molecule has 0 spiro atoms. The van der Waals surface area contributed by atoms with Crippen molar-refractivity contribution in [3.8, 4) is 11.1 Å². The number of H-pyrrole nitrogens is 1. The number of nitrogens with zero attached hydrogens (tertiary/aromatic N) is 2. The molecule has 0 aliphatic rings. The molecule has 0 saturated heterocycles. The first kappa shape index (κ1) is 13.5. The fourth-order valence-electron chi connectivity index (χ4n) is 2.57. The first-order chi connectivity index (χ1) is 11.3. The number of hydrogen-bond acceptors (Lipinski definition) is 3. The number of rotatable bonds is 3. The maximum atomic E-state index is 13.1. The van der Waals surface area contributed by atoms with Crippen molar-refractivity contribution >= 4 is 22.5 Å². The van der Waals surface area contributed by atoms with Gasteiger partial charge in [-0.3, -0.25) is 0 Å². The third-order valence-corrected chi connectivity index (χ3v) is 3.66. The molecule has 2 heterocycles. The fourth-order valence-corrected chi connectivity index (χ4v) is 2.57. The van der Waals surface area contributed by atoms with Crippen LogP contribution < -0.4 is 5.32 Å². The molecular formula is C18H13FN4. The number of halogens is 1. The maximum absolute atomic E-state index is 13.1. The van der Waals surface area contributed by atoms with Crippen molar-refractivity contribution in [2.24, 2.45) is 0 Å². The van der Waals surface area contributed by atoms with E-state index in [0.717, 1.165) is 27.8 Å². The molecule has 0 fully saturated rings. The first-order valence-corrected chi connectivity index (χ1v) is 7.21. The average Bonchev–Trinajstić information content (AvgIpc) is 3.03. The van der Waals surface area contributed by atoms with Gasteiger partial charge in [-0.15, -0.1) is 0 Å². The summed E-state index contributed by atoms with van der Waals surface area (Å²) in [5.41, 5.74) is 3.62. The molecule has 2 N–H and O–H groups in total. The topological polar surface area (TPSA) is 53.6 Å². The Labute approximate surface area is 132 Å². The Hall–Kier alpha value is -3.21. The van der Waals surface area contributed by atoms with E-state index in [0.29, 0.717) is 5.82 Å². The van der Waals surface area contributed by atoms with Gasteiger partial charge in [-0.1, -0.05) is 30.3 Å². The number of fused-ring (bicyclic) bond motifs is 1. The van der Waals surface area contributed by atoms with Gasteiger partial charge < -0.3 is 10.3 Å². The SMILES string of the molecule is Fc1ccc(Nc2ncnc3[nH]cc(-c4ccccc4)c23)cc1. The van der Waals surface area contributed by atoms with E-state index in [1.807, 2.05) is 36.5 Å². The molecule has 0 aliphatic carbocycles. The zero-order chi connectivity index (χ0) is 15.6. The Bertz CT molecular complexity index is 946. The van der Waals surface area contributed by atoms with Gasteiger partial charge in [0, 0.05) is 17.4 Å². The summed E-state index contributed by atoms with van der Waals surface area (Å²) in [6.07, 6.45) is 3.42. The maximum Gasteiger partial charge on any atom is 0.143 e. The molecule has 4 rings (SSSR count). The monoisotopic (exact) mass is 304 g/mol. The summed E-state index contributed by atoms with van der Waals surface area (Å²) in [7, 11) is 0. The Balaban J connectivity index is 1.83. The third-order valence-electron chi connectivity index (χ3n) is 3.66. The molecule has 112 valence electrons. The second-order valence-electron chi connectivity index (χ2n) is 5.15. The minimum absolute atomic E-state index is 0.269. The van der Waals surface area contributed by atoms with Gasteiger partial charge in [0.1, 0.15) is 23.6 Å². The molecule has 2 aromatic carbocycles. The lowest BCUT2D eigenvalue weighted by Gasteiger charge is -2.08. The van der Waals surface area contributed by atoms with Crippen LogP contribution in [0.25, 0.3) is 22.2 Å². The van der Waals surface area contributed by atoms with Gasteiger partial charge in [-0.2, -0.15) is 0 Å². The Kier molecular flexibility index (Phi) is 3.24. The van der Waals surface area contributed by atoms with Gasteiger partial charge in [-0.25, -0.2) is 14.4 Å². The number of hydrogen-bond donors (Lipinski definition) is 2. The lowest BCUT2D eigenvalue weighted by Crippen LogP contribution is -1.96. The first-order valence-electron chi connectivity index (χ1n) is 7.21. The van der Waals surface area contributed by atoms with Crippen molar-refractivity contribution < 1.29 is 4.39 Å². The molecule has 23 heavy (non-hydrogen) atoms. The minimum Gasteiger partial charge on any atom is -0.345 e. The van der Waals surface area contributed by atoms with E-state index < -0.39 is 0 Å². The van der Waals surface area contributed by atoms with E-state index >= 15 is 0 Å². The number of nitrogens with one attached hydrogen (secondary N) is 2. The lowest BCUT2D eigenvalue weighted by atomic mass is 10.1. The van der Waals surface area contributed by atoms with Crippen LogP contribution in [0, 0.1) is 5.82 Å². The second kappa shape index (κ2) is 5.53. The highest BCUT2D eigenvalue weighted by Crippen LogP contribution is 2.32. The van der Waals surface area contributed by atoms with Gasteiger partial charge in [0.15, 0.2) is 0 Å². The molecule has 0 bridgehead atoms. The van der Waals surface area contributed by atoms with Crippen LogP contribution >= 0.6 is 0 Å². The normalized spacial score (nSPS) is 10.8. The van der Waals surface area contributed by atoms with E-state index in [1.165, 1.54) is 18.5 Å². The number of aromatic amines is 1. The van der Waals surface area contributed by atoms with Crippen molar-refractivity contribution in [2.75, 3.05) is 5.32 Å². The molecule has 4 nitrogen and oxygen atoms in total. The Morgan fingerprint density at radius 1 is 0.913 bits per heavy atom. The Morgan fingerprint density at radius 2 is 1.70 bits per heavy atom. The van der Waals surface area contributed by atoms with Crippen LogP contribution in [0.3, 0.4) is 0 Å².